The Bertz CT molecular complexity index is 1030. The SMILES string of the molecule is CCOC(=O)c1cccc(NC(=O)[C@@H](CC)Oc2ccc3ccccc3c2)c1C. The average molecular weight is 391 g/mol. The molecule has 0 saturated heterocycles. The minimum absolute atomic E-state index is 0.259. The van der Waals surface area contributed by atoms with E-state index in [0.29, 0.717) is 35.6 Å². The Morgan fingerprint density at radius 2 is 1.72 bits per heavy atom. The van der Waals surface area contributed by atoms with Crippen LogP contribution in [0.25, 0.3) is 10.8 Å². The van der Waals surface area contributed by atoms with Crippen LogP contribution in [0, 0.1) is 6.92 Å². The molecule has 5 heteroatoms. The fourth-order valence-corrected chi connectivity index (χ4v) is 3.14. The van der Waals surface area contributed by atoms with Crippen LogP contribution in [0.15, 0.2) is 60.7 Å². The van der Waals surface area contributed by atoms with Crippen molar-refractivity contribution in [1.29, 1.82) is 0 Å². The van der Waals surface area contributed by atoms with Gasteiger partial charge in [0.2, 0.25) is 0 Å². The maximum Gasteiger partial charge on any atom is 0.338 e. The van der Waals surface area contributed by atoms with Gasteiger partial charge in [-0.05, 0) is 60.9 Å². The van der Waals surface area contributed by atoms with Gasteiger partial charge in [-0.2, -0.15) is 0 Å². The van der Waals surface area contributed by atoms with Crippen LogP contribution in [0.2, 0.25) is 0 Å². The van der Waals surface area contributed by atoms with E-state index in [2.05, 4.69) is 5.32 Å². The van der Waals surface area contributed by atoms with Crippen molar-refractivity contribution in [2.75, 3.05) is 11.9 Å². The summed E-state index contributed by atoms with van der Waals surface area (Å²) in [4.78, 5) is 24.9. The lowest BCUT2D eigenvalue weighted by atomic mass is 10.1. The fraction of sp³-hybridized carbons (Fsp3) is 0.250. The normalized spacial score (nSPS) is 11.7. The van der Waals surface area contributed by atoms with Crippen LogP contribution >= 0.6 is 0 Å². The highest BCUT2D eigenvalue weighted by molar-refractivity contribution is 5.98. The van der Waals surface area contributed by atoms with Crippen molar-refractivity contribution >= 4 is 28.3 Å². The summed E-state index contributed by atoms with van der Waals surface area (Å²) in [6.07, 6.45) is -0.142. The lowest BCUT2D eigenvalue weighted by Crippen LogP contribution is -2.32. The van der Waals surface area contributed by atoms with Crippen LogP contribution in [0.3, 0.4) is 0 Å². The molecule has 3 aromatic rings. The zero-order chi connectivity index (χ0) is 20.8. The molecule has 0 radical (unpaired) electrons. The first-order valence-electron chi connectivity index (χ1n) is 9.76. The molecule has 1 N–H and O–H groups in total. The molecule has 29 heavy (non-hydrogen) atoms. The van der Waals surface area contributed by atoms with E-state index in [4.69, 9.17) is 9.47 Å². The number of nitrogens with one attached hydrogen (secondary N) is 1. The van der Waals surface area contributed by atoms with Gasteiger partial charge in [0.25, 0.3) is 5.91 Å². The quantitative estimate of drug-likeness (QED) is 0.568. The van der Waals surface area contributed by atoms with E-state index in [1.54, 1.807) is 32.0 Å². The lowest BCUT2D eigenvalue weighted by molar-refractivity contribution is -0.122. The molecular weight excluding hydrogens is 366 g/mol. The number of anilines is 1. The van der Waals surface area contributed by atoms with Gasteiger partial charge >= 0.3 is 5.97 Å². The smallest absolute Gasteiger partial charge is 0.338 e. The molecule has 0 aromatic heterocycles. The summed E-state index contributed by atoms with van der Waals surface area (Å²) >= 11 is 0. The number of esters is 1. The van der Waals surface area contributed by atoms with E-state index in [9.17, 15) is 9.59 Å². The first-order chi connectivity index (χ1) is 14.0. The van der Waals surface area contributed by atoms with Crippen LogP contribution in [-0.2, 0) is 9.53 Å². The Hall–Kier alpha value is -3.34. The third kappa shape index (κ3) is 4.74. The zero-order valence-corrected chi connectivity index (χ0v) is 16.9. The van der Waals surface area contributed by atoms with E-state index >= 15 is 0 Å². The van der Waals surface area contributed by atoms with Crippen LogP contribution in [0.5, 0.6) is 5.75 Å². The first kappa shape index (κ1) is 20.4. The Kier molecular flexibility index (Phi) is 6.50. The molecule has 0 heterocycles. The fourth-order valence-electron chi connectivity index (χ4n) is 3.14. The number of carbonyl (C=O) groups is 2. The van der Waals surface area contributed by atoms with Crippen molar-refractivity contribution in [3.05, 3.63) is 71.8 Å². The molecule has 0 fully saturated rings. The second-order valence-corrected chi connectivity index (χ2v) is 6.71. The van der Waals surface area contributed by atoms with Crippen LogP contribution in [0.1, 0.15) is 36.2 Å². The molecule has 0 bridgehead atoms. The summed E-state index contributed by atoms with van der Waals surface area (Å²) in [5.74, 6) is -0.0204. The van der Waals surface area contributed by atoms with Crippen molar-refractivity contribution in [3.63, 3.8) is 0 Å². The van der Waals surface area contributed by atoms with Gasteiger partial charge in [0.1, 0.15) is 5.75 Å². The molecule has 5 nitrogen and oxygen atoms in total. The molecule has 0 saturated carbocycles. The highest BCUT2D eigenvalue weighted by atomic mass is 16.5. The van der Waals surface area contributed by atoms with Crippen molar-refractivity contribution in [2.24, 2.45) is 0 Å². The predicted molar refractivity (Wildman–Crippen MR) is 114 cm³/mol. The molecule has 150 valence electrons. The lowest BCUT2D eigenvalue weighted by Gasteiger charge is -2.19. The number of hydrogen-bond acceptors (Lipinski definition) is 4. The van der Waals surface area contributed by atoms with Gasteiger partial charge in [-0.15, -0.1) is 0 Å². The standard InChI is InChI=1S/C24H25NO4/c1-4-22(29-19-14-13-17-9-6-7-10-18(17)15-19)23(26)25-21-12-8-11-20(16(21)3)24(27)28-5-2/h6-15,22H,4-5H2,1-3H3,(H,25,26)/t22-/m1/s1. The minimum atomic E-state index is -0.651. The first-order valence-corrected chi connectivity index (χ1v) is 9.76. The number of benzene rings is 3. The number of fused-ring (bicyclic) bond motifs is 1. The van der Waals surface area contributed by atoms with E-state index in [0.717, 1.165) is 10.8 Å². The highest BCUT2D eigenvalue weighted by Gasteiger charge is 2.21. The van der Waals surface area contributed by atoms with Crippen molar-refractivity contribution < 1.29 is 19.1 Å². The van der Waals surface area contributed by atoms with Crippen LogP contribution in [0.4, 0.5) is 5.69 Å². The van der Waals surface area contributed by atoms with E-state index < -0.39 is 12.1 Å². The van der Waals surface area contributed by atoms with Crippen molar-refractivity contribution in [2.45, 2.75) is 33.3 Å². The minimum Gasteiger partial charge on any atom is -0.481 e. The van der Waals surface area contributed by atoms with Gasteiger partial charge < -0.3 is 14.8 Å². The summed E-state index contributed by atoms with van der Waals surface area (Å²) in [5.41, 5.74) is 1.68. The molecule has 0 aliphatic rings. The number of amides is 1. The monoisotopic (exact) mass is 391 g/mol. The van der Waals surface area contributed by atoms with Gasteiger partial charge in [-0.1, -0.05) is 43.3 Å². The number of rotatable bonds is 7. The summed E-state index contributed by atoms with van der Waals surface area (Å²) in [6, 6.07) is 18.9. The highest BCUT2D eigenvalue weighted by Crippen LogP contribution is 2.24. The predicted octanol–water partition coefficient (Wildman–Crippen LogP) is 5.12. The van der Waals surface area contributed by atoms with Crippen LogP contribution in [-0.4, -0.2) is 24.6 Å². The molecule has 3 rings (SSSR count). The topological polar surface area (TPSA) is 64.6 Å². The van der Waals surface area contributed by atoms with E-state index in [1.165, 1.54) is 0 Å². The average Bonchev–Trinajstić information content (AvgIpc) is 2.73. The van der Waals surface area contributed by atoms with Crippen LogP contribution < -0.4 is 10.1 Å². The molecule has 0 spiro atoms. The van der Waals surface area contributed by atoms with Gasteiger partial charge in [0.05, 0.1) is 12.2 Å². The third-order valence-electron chi connectivity index (χ3n) is 4.75. The van der Waals surface area contributed by atoms with Gasteiger partial charge in [-0.3, -0.25) is 4.79 Å². The maximum absolute atomic E-state index is 12.8. The van der Waals surface area contributed by atoms with Gasteiger partial charge in [0.15, 0.2) is 6.10 Å². The third-order valence-corrected chi connectivity index (χ3v) is 4.75. The molecule has 0 aliphatic carbocycles. The maximum atomic E-state index is 12.8. The van der Waals surface area contributed by atoms with E-state index in [1.807, 2.05) is 49.4 Å². The number of carbonyl (C=O) groups excluding carboxylic acids is 2. The zero-order valence-electron chi connectivity index (χ0n) is 16.9. The Labute approximate surface area is 170 Å². The molecule has 1 amide bonds. The molecule has 3 aromatic carbocycles. The molecule has 0 unspecified atom stereocenters. The summed E-state index contributed by atoms with van der Waals surface area (Å²) in [5, 5.41) is 5.05. The molecule has 1 atom stereocenters. The second-order valence-electron chi connectivity index (χ2n) is 6.71. The number of hydrogen-bond donors (Lipinski definition) is 1. The van der Waals surface area contributed by atoms with E-state index in [-0.39, 0.29) is 5.91 Å². The molecule has 0 aliphatic heterocycles. The second kappa shape index (κ2) is 9.24. The Balaban J connectivity index is 1.76. The largest absolute Gasteiger partial charge is 0.481 e. The molecular formula is C24H25NO4. The van der Waals surface area contributed by atoms with Crippen molar-refractivity contribution in [3.8, 4) is 5.75 Å². The number of ether oxygens (including phenoxy) is 2. The van der Waals surface area contributed by atoms with Gasteiger partial charge in [0, 0.05) is 5.69 Å². The summed E-state index contributed by atoms with van der Waals surface area (Å²) in [7, 11) is 0. The Morgan fingerprint density at radius 1 is 0.966 bits per heavy atom. The summed E-state index contributed by atoms with van der Waals surface area (Å²) in [6.45, 7) is 5.74. The summed E-state index contributed by atoms with van der Waals surface area (Å²) < 4.78 is 11.0. The van der Waals surface area contributed by atoms with Crippen molar-refractivity contribution in [1.82, 2.24) is 0 Å². The van der Waals surface area contributed by atoms with Gasteiger partial charge in [-0.25, -0.2) is 4.79 Å². The Morgan fingerprint density at radius 3 is 2.45 bits per heavy atom.